The number of aliphatic hydroxyl groups is 1. The zero-order valence-electron chi connectivity index (χ0n) is 12.0. The Bertz CT molecular complexity index is 659. The lowest BCUT2D eigenvalue weighted by atomic mass is 10.1. The summed E-state index contributed by atoms with van der Waals surface area (Å²) in [5.41, 5.74) is 2.18. The fourth-order valence-electron chi connectivity index (χ4n) is 1.97. The Morgan fingerprint density at radius 3 is 2.62 bits per heavy atom. The summed E-state index contributed by atoms with van der Waals surface area (Å²) in [4.78, 5) is 0. The summed E-state index contributed by atoms with van der Waals surface area (Å²) < 4.78 is 11.0. The third-order valence-electron chi connectivity index (χ3n) is 3.19. The number of benzene rings is 2. The minimum Gasteiger partial charge on any atom is -0.493 e. The van der Waals surface area contributed by atoms with E-state index in [-0.39, 0.29) is 6.61 Å². The molecule has 0 fully saturated rings. The Kier molecular flexibility index (Phi) is 4.81. The van der Waals surface area contributed by atoms with Gasteiger partial charge in [-0.05, 0) is 30.7 Å². The maximum atomic E-state index is 9.58. The summed E-state index contributed by atoms with van der Waals surface area (Å²) in [6.07, 6.45) is -0.563. The molecule has 21 heavy (non-hydrogen) atoms. The first-order chi connectivity index (χ1) is 10.2. The van der Waals surface area contributed by atoms with Gasteiger partial charge >= 0.3 is 0 Å². The van der Waals surface area contributed by atoms with Crippen molar-refractivity contribution in [2.45, 2.75) is 19.6 Å². The fraction of sp³-hybridized carbons (Fsp3) is 0.235. The first-order valence-electron chi connectivity index (χ1n) is 6.62. The lowest BCUT2D eigenvalue weighted by Crippen LogP contribution is -2.01. The molecule has 0 saturated heterocycles. The molecule has 0 unspecified atom stereocenters. The molecule has 0 amide bonds. The summed E-state index contributed by atoms with van der Waals surface area (Å²) >= 11 is 0. The summed E-state index contributed by atoms with van der Waals surface area (Å²) in [5.74, 6) is 1.14. The highest BCUT2D eigenvalue weighted by atomic mass is 16.5. The molecular formula is C17H17NO3. The van der Waals surface area contributed by atoms with Gasteiger partial charge in [-0.2, -0.15) is 5.26 Å². The first-order valence-corrected chi connectivity index (χ1v) is 6.62. The largest absolute Gasteiger partial charge is 0.493 e. The van der Waals surface area contributed by atoms with Gasteiger partial charge in [-0.15, -0.1) is 0 Å². The van der Waals surface area contributed by atoms with Gasteiger partial charge in [0.1, 0.15) is 6.61 Å². The second-order valence-electron chi connectivity index (χ2n) is 4.64. The molecule has 4 nitrogen and oxygen atoms in total. The average molecular weight is 283 g/mol. The maximum absolute atomic E-state index is 9.58. The van der Waals surface area contributed by atoms with E-state index in [2.05, 4.69) is 6.07 Å². The molecule has 0 radical (unpaired) electrons. The van der Waals surface area contributed by atoms with E-state index in [0.29, 0.717) is 17.1 Å². The molecule has 108 valence electrons. The Hall–Kier alpha value is -2.51. The Morgan fingerprint density at radius 1 is 1.19 bits per heavy atom. The molecule has 1 N–H and O–H groups in total. The normalized spacial score (nSPS) is 11.5. The quantitative estimate of drug-likeness (QED) is 0.915. The van der Waals surface area contributed by atoms with Gasteiger partial charge in [-0.1, -0.05) is 24.3 Å². The zero-order valence-corrected chi connectivity index (χ0v) is 12.0. The van der Waals surface area contributed by atoms with Gasteiger partial charge in [0.25, 0.3) is 0 Å². The van der Waals surface area contributed by atoms with Crippen molar-refractivity contribution in [2.75, 3.05) is 7.11 Å². The van der Waals surface area contributed by atoms with E-state index in [1.54, 1.807) is 38.3 Å². The van der Waals surface area contributed by atoms with Crippen LogP contribution in [0.15, 0.2) is 42.5 Å². The number of nitriles is 1. The highest BCUT2D eigenvalue weighted by molar-refractivity contribution is 5.44. The van der Waals surface area contributed by atoms with Crippen LogP contribution in [0.3, 0.4) is 0 Å². The van der Waals surface area contributed by atoms with Crippen LogP contribution < -0.4 is 9.47 Å². The van der Waals surface area contributed by atoms with Crippen molar-refractivity contribution in [2.24, 2.45) is 0 Å². The average Bonchev–Trinajstić information content (AvgIpc) is 2.52. The summed E-state index contributed by atoms with van der Waals surface area (Å²) in [5, 5.41) is 18.6. The van der Waals surface area contributed by atoms with Crippen LogP contribution in [0, 0.1) is 11.3 Å². The molecule has 4 heteroatoms. The molecule has 0 saturated carbocycles. The minimum absolute atomic E-state index is 0.286. The van der Waals surface area contributed by atoms with E-state index in [9.17, 15) is 5.11 Å². The molecule has 0 aliphatic carbocycles. The third kappa shape index (κ3) is 3.53. The molecule has 0 aliphatic heterocycles. The fourth-order valence-corrected chi connectivity index (χ4v) is 1.97. The summed E-state index contributed by atoms with van der Waals surface area (Å²) in [7, 11) is 1.55. The lowest BCUT2D eigenvalue weighted by molar-refractivity contribution is 0.198. The van der Waals surface area contributed by atoms with Crippen LogP contribution in [0.25, 0.3) is 0 Å². The number of hydrogen-bond donors (Lipinski definition) is 1. The molecule has 0 heterocycles. The molecule has 2 aromatic rings. The number of rotatable bonds is 5. The van der Waals surface area contributed by atoms with Crippen LogP contribution in [0.1, 0.15) is 29.7 Å². The second kappa shape index (κ2) is 6.78. The standard InChI is InChI=1S/C17H17NO3/c1-12(19)13-7-8-16(17(9-13)20-2)21-11-15-6-4-3-5-14(15)10-18/h3-9,12,19H,11H2,1-2H3/t12-/m0/s1. The molecule has 0 spiro atoms. The molecule has 1 atom stereocenters. The van der Waals surface area contributed by atoms with Gasteiger partial charge in [0, 0.05) is 5.56 Å². The minimum atomic E-state index is -0.563. The highest BCUT2D eigenvalue weighted by Gasteiger charge is 2.10. The number of ether oxygens (including phenoxy) is 2. The van der Waals surface area contributed by atoms with Gasteiger partial charge in [0.2, 0.25) is 0 Å². The molecule has 0 aromatic heterocycles. The van der Waals surface area contributed by atoms with Gasteiger partial charge in [0.15, 0.2) is 11.5 Å². The maximum Gasteiger partial charge on any atom is 0.161 e. The van der Waals surface area contributed by atoms with E-state index < -0.39 is 6.10 Å². The molecule has 2 rings (SSSR count). The SMILES string of the molecule is COc1cc([C@H](C)O)ccc1OCc1ccccc1C#N. The monoisotopic (exact) mass is 283 g/mol. The van der Waals surface area contributed by atoms with E-state index in [1.807, 2.05) is 18.2 Å². The smallest absolute Gasteiger partial charge is 0.161 e. The molecule has 2 aromatic carbocycles. The van der Waals surface area contributed by atoms with Gasteiger partial charge in [0.05, 0.1) is 24.8 Å². The zero-order chi connectivity index (χ0) is 15.2. The predicted molar refractivity (Wildman–Crippen MR) is 79.1 cm³/mol. The van der Waals surface area contributed by atoms with Crippen molar-refractivity contribution in [3.63, 3.8) is 0 Å². The van der Waals surface area contributed by atoms with Crippen LogP contribution >= 0.6 is 0 Å². The van der Waals surface area contributed by atoms with Crippen molar-refractivity contribution in [1.82, 2.24) is 0 Å². The molecular weight excluding hydrogens is 266 g/mol. The van der Waals surface area contributed by atoms with Gasteiger partial charge in [-0.25, -0.2) is 0 Å². The van der Waals surface area contributed by atoms with Crippen LogP contribution in [0.2, 0.25) is 0 Å². The first kappa shape index (κ1) is 14.9. The number of hydrogen-bond acceptors (Lipinski definition) is 4. The lowest BCUT2D eigenvalue weighted by Gasteiger charge is -2.13. The van der Waals surface area contributed by atoms with Crippen LogP contribution in [0.4, 0.5) is 0 Å². The topological polar surface area (TPSA) is 62.5 Å². The molecule has 0 bridgehead atoms. The van der Waals surface area contributed by atoms with Crippen molar-refractivity contribution < 1.29 is 14.6 Å². The summed E-state index contributed by atoms with van der Waals surface area (Å²) in [6, 6.07) is 14.7. The second-order valence-corrected chi connectivity index (χ2v) is 4.64. The van der Waals surface area contributed by atoms with Gasteiger partial charge < -0.3 is 14.6 Å². The Morgan fingerprint density at radius 2 is 1.95 bits per heavy atom. The van der Waals surface area contributed by atoms with E-state index in [1.165, 1.54) is 0 Å². The van der Waals surface area contributed by atoms with Crippen molar-refractivity contribution >= 4 is 0 Å². The number of nitrogens with zero attached hydrogens (tertiary/aromatic N) is 1. The predicted octanol–water partition coefficient (Wildman–Crippen LogP) is 3.20. The van der Waals surface area contributed by atoms with E-state index >= 15 is 0 Å². The number of methoxy groups -OCH3 is 1. The van der Waals surface area contributed by atoms with Crippen molar-refractivity contribution in [3.05, 3.63) is 59.2 Å². The Balaban J connectivity index is 2.18. The van der Waals surface area contributed by atoms with Gasteiger partial charge in [-0.3, -0.25) is 0 Å². The van der Waals surface area contributed by atoms with Crippen molar-refractivity contribution in [3.8, 4) is 17.6 Å². The third-order valence-corrected chi connectivity index (χ3v) is 3.19. The highest BCUT2D eigenvalue weighted by Crippen LogP contribution is 2.31. The van der Waals surface area contributed by atoms with E-state index in [4.69, 9.17) is 14.7 Å². The van der Waals surface area contributed by atoms with Crippen LogP contribution in [-0.2, 0) is 6.61 Å². The molecule has 0 aliphatic rings. The van der Waals surface area contributed by atoms with E-state index in [0.717, 1.165) is 11.1 Å². The van der Waals surface area contributed by atoms with Crippen molar-refractivity contribution in [1.29, 1.82) is 5.26 Å². The Labute approximate surface area is 124 Å². The van der Waals surface area contributed by atoms with Crippen LogP contribution in [0.5, 0.6) is 11.5 Å². The van der Waals surface area contributed by atoms with Crippen LogP contribution in [-0.4, -0.2) is 12.2 Å². The summed E-state index contributed by atoms with van der Waals surface area (Å²) in [6.45, 7) is 1.98. The number of aliphatic hydroxyl groups excluding tert-OH is 1.